The second-order valence-corrected chi connectivity index (χ2v) is 5.04. The number of rotatable bonds is 4. The maximum absolute atomic E-state index is 11.0. The van der Waals surface area contributed by atoms with Crippen LogP contribution in [0.4, 0.5) is 5.69 Å². The topological polar surface area (TPSA) is 96.4 Å². The quantitative estimate of drug-likeness (QED) is 0.687. The fourth-order valence-electron chi connectivity index (χ4n) is 1.52. The van der Waals surface area contributed by atoms with Crippen LogP contribution in [0.3, 0.4) is 0 Å². The van der Waals surface area contributed by atoms with Crippen LogP contribution in [0.1, 0.15) is 23.5 Å². The van der Waals surface area contributed by atoms with Crippen molar-refractivity contribution >= 4 is 17.0 Å². The third kappa shape index (κ3) is 2.93. The van der Waals surface area contributed by atoms with Crippen molar-refractivity contribution in [2.24, 2.45) is 0 Å². The average molecular weight is 290 g/mol. The van der Waals surface area contributed by atoms with E-state index in [0.29, 0.717) is 16.2 Å². The Balaban J connectivity index is 2.37. The second kappa shape index (κ2) is 5.69. The first-order valence-corrected chi connectivity index (χ1v) is 6.47. The molecule has 0 radical (unpaired) electrons. The largest absolute Gasteiger partial charge is 0.440 e. The summed E-state index contributed by atoms with van der Waals surface area (Å²) in [5.74, 6) is 0.339. The molecule has 0 amide bonds. The summed E-state index contributed by atoms with van der Waals surface area (Å²) in [6.45, 7) is 1.52. The van der Waals surface area contributed by atoms with Gasteiger partial charge in [-0.1, -0.05) is 17.4 Å². The molecule has 1 aromatic carbocycles. The number of hydrogen-bond acceptors (Lipinski definition) is 6. The first-order valence-electron chi connectivity index (χ1n) is 5.65. The zero-order valence-corrected chi connectivity index (χ0v) is 11.3. The lowest BCUT2D eigenvalue weighted by Crippen LogP contribution is -1.89. The normalized spacial score (nSPS) is 11.7. The molecule has 0 bridgehead atoms. The standard InChI is InChI=1S/C13H10N2O4S/c1-8(16)12-6-11(15(17)18)13(20-12)19-10-4-2-3-9(5-10)7-14/h2-6,8,16H,1H3/t8-/m1/s1. The zero-order valence-electron chi connectivity index (χ0n) is 10.4. The van der Waals surface area contributed by atoms with E-state index < -0.39 is 11.0 Å². The molecule has 2 aromatic rings. The molecular formula is C13H10N2O4S. The number of ether oxygens (including phenoxy) is 1. The maximum Gasteiger partial charge on any atom is 0.323 e. The highest BCUT2D eigenvalue weighted by atomic mass is 32.1. The van der Waals surface area contributed by atoms with Gasteiger partial charge < -0.3 is 9.84 Å². The Morgan fingerprint density at radius 3 is 2.85 bits per heavy atom. The van der Waals surface area contributed by atoms with Crippen LogP contribution < -0.4 is 4.74 Å². The van der Waals surface area contributed by atoms with Gasteiger partial charge in [-0.3, -0.25) is 10.1 Å². The van der Waals surface area contributed by atoms with Gasteiger partial charge in [0.1, 0.15) is 5.75 Å². The van der Waals surface area contributed by atoms with Gasteiger partial charge >= 0.3 is 5.69 Å². The van der Waals surface area contributed by atoms with E-state index in [1.165, 1.54) is 19.1 Å². The molecule has 0 fully saturated rings. The minimum absolute atomic E-state index is 0.0842. The minimum Gasteiger partial charge on any atom is -0.440 e. The summed E-state index contributed by atoms with van der Waals surface area (Å²) in [5, 5.41) is 29.3. The third-order valence-corrected chi connectivity index (χ3v) is 3.65. The molecule has 0 aliphatic heterocycles. The Morgan fingerprint density at radius 1 is 1.50 bits per heavy atom. The van der Waals surface area contributed by atoms with Crippen LogP contribution in [-0.2, 0) is 0 Å². The van der Waals surface area contributed by atoms with E-state index in [-0.39, 0.29) is 10.8 Å². The number of thiophene rings is 1. The van der Waals surface area contributed by atoms with Crippen molar-refractivity contribution in [3.63, 3.8) is 0 Å². The van der Waals surface area contributed by atoms with E-state index in [1.54, 1.807) is 18.2 Å². The smallest absolute Gasteiger partial charge is 0.323 e. The molecule has 0 saturated carbocycles. The summed E-state index contributed by atoms with van der Waals surface area (Å²) in [5.41, 5.74) is 0.200. The van der Waals surface area contributed by atoms with Gasteiger partial charge in [0.15, 0.2) is 0 Å². The van der Waals surface area contributed by atoms with E-state index in [2.05, 4.69) is 0 Å². The van der Waals surface area contributed by atoms with E-state index >= 15 is 0 Å². The number of hydrogen-bond donors (Lipinski definition) is 1. The van der Waals surface area contributed by atoms with Crippen LogP contribution in [0.2, 0.25) is 0 Å². The number of nitro groups is 1. The van der Waals surface area contributed by atoms with Crippen LogP contribution in [0.25, 0.3) is 0 Å². The SMILES string of the molecule is C[C@@H](O)c1cc([N+](=O)[O-])c(Oc2cccc(C#N)c2)s1. The molecule has 1 heterocycles. The van der Waals surface area contributed by atoms with Crippen molar-refractivity contribution in [2.75, 3.05) is 0 Å². The van der Waals surface area contributed by atoms with Crippen molar-refractivity contribution in [1.82, 2.24) is 0 Å². The molecule has 0 aliphatic carbocycles. The summed E-state index contributed by atoms with van der Waals surface area (Å²) in [6, 6.07) is 9.58. The molecule has 0 spiro atoms. The van der Waals surface area contributed by atoms with E-state index in [0.717, 1.165) is 11.3 Å². The van der Waals surface area contributed by atoms with Crippen molar-refractivity contribution < 1.29 is 14.8 Å². The summed E-state index contributed by atoms with van der Waals surface area (Å²) < 4.78 is 5.46. The second-order valence-electron chi connectivity index (χ2n) is 4.00. The predicted octanol–water partition coefficient (Wildman–Crippen LogP) is 3.37. The lowest BCUT2D eigenvalue weighted by Gasteiger charge is -2.02. The molecule has 1 atom stereocenters. The van der Waals surface area contributed by atoms with Crippen molar-refractivity contribution in [3.8, 4) is 16.9 Å². The van der Waals surface area contributed by atoms with Gasteiger partial charge in [0.2, 0.25) is 0 Å². The van der Waals surface area contributed by atoms with E-state index in [9.17, 15) is 15.2 Å². The number of aliphatic hydroxyl groups is 1. The molecule has 0 saturated heterocycles. The highest BCUT2D eigenvalue weighted by Crippen LogP contribution is 2.41. The number of nitrogens with zero attached hydrogens (tertiary/aromatic N) is 2. The number of benzene rings is 1. The highest BCUT2D eigenvalue weighted by molar-refractivity contribution is 7.14. The van der Waals surface area contributed by atoms with E-state index in [4.69, 9.17) is 10.00 Å². The van der Waals surface area contributed by atoms with Crippen LogP contribution in [0.5, 0.6) is 10.8 Å². The Morgan fingerprint density at radius 2 is 2.25 bits per heavy atom. The number of aliphatic hydroxyl groups excluding tert-OH is 1. The van der Waals surface area contributed by atoms with E-state index in [1.807, 2.05) is 6.07 Å². The van der Waals surface area contributed by atoms with Gasteiger partial charge in [0, 0.05) is 10.9 Å². The fraction of sp³-hybridized carbons (Fsp3) is 0.154. The summed E-state index contributed by atoms with van der Waals surface area (Å²) in [4.78, 5) is 10.9. The Bertz CT molecular complexity index is 688. The first kappa shape index (κ1) is 14.0. The van der Waals surface area contributed by atoms with Crippen LogP contribution in [-0.4, -0.2) is 10.0 Å². The van der Waals surface area contributed by atoms with Crippen molar-refractivity contribution in [1.29, 1.82) is 5.26 Å². The van der Waals surface area contributed by atoms with Gasteiger partial charge in [-0.15, -0.1) is 0 Å². The van der Waals surface area contributed by atoms with Crippen LogP contribution in [0, 0.1) is 21.4 Å². The van der Waals surface area contributed by atoms with Crippen LogP contribution in [0.15, 0.2) is 30.3 Å². The fourth-order valence-corrected chi connectivity index (χ4v) is 2.46. The molecule has 1 aromatic heterocycles. The predicted molar refractivity (Wildman–Crippen MR) is 72.8 cm³/mol. The highest BCUT2D eigenvalue weighted by Gasteiger charge is 2.23. The maximum atomic E-state index is 11.0. The summed E-state index contributed by atoms with van der Waals surface area (Å²) in [6.07, 6.45) is -0.804. The molecule has 0 unspecified atom stereocenters. The molecule has 102 valence electrons. The summed E-state index contributed by atoms with van der Waals surface area (Å²) in [7, 11) is 0. The van der Waals surface area contributed by atoms with Gasteiger partial charge in [0.25, 0.3) is 5.06 Å². The third-order valence-electron chi connectivity index (χ3n) is 2.48. The van der Waals surface area contributed by atoms with Gasteiger partial charge in [-0.05, 0) is 25.1 Å². The lowest BCUT2D eigenvalue weighted by molar-refractivity contribution is -0.385. The molecule has 7 heteroatoms. The molecule has 2 rings (SSSR count). The van der Waals surface area contributed by atoms with Gasteiger partial charge in [-0.25, -0.2) is 0 Å². The molecule has 1 N–H and O–H groups in total. The molecular weight excluding hydrogens is 280 g/mol. The average Bonchev–Trinajstić information content (AvgIpc) is 2.83. The summed E-state index contributed by atoms with van der Waals surface area (Å²) >= 11 is 1.01. The molecule has 0 aliphatic rings. The van der Waals surface area contributed by atoms with Crippen LogP contribution >= 0.6 is 11.3 Å². The van der Waals surface area contributed by atoms with Crippen molar-refractivity contribution in [2.45, 2.75) is 13.0 Å². The Labute approximate surface area is 118 Å². The molecule has 20 heavy (non-hydrogen) atoms. The monoisotopic (exact) mass is 290 g/mol. The van der Waals surface area contributed by atoms with Crippen molar-refractivity contribution in [3.05, 3.63) is 50.9 Å². The Hall–Kier alpha value is -2.43. The lowest BCUT2D eigenvalue weighted by atomic mass is 10.2. The van der Waals surface area contributed by atoms with Gasteiger partial charge in [0.05, 0.1) is 22.7 Å². The first-order chi connectivity index (χ1) is 9.51. The zero-order chi connectivity index (χ0) is 14.7. The Kier molecular flexibility index (Phi) is 3.98. The molecule has 6 nitrogen and oxygen atoms in total. The minimum atomic E-state index is -0.804. The number of nitriles is 1. The van der Waals surface area contributed by atoms with Gasteiger partial charge in [-0.2, -0.15) is 5.26 Å².